The Hall–Kier alpha value is -3.02. The van der Waals surface area contributed by atoms with Crippen molar-refractivity contribution in [3.8, 4) is 0 Å². The fourth-order valence-electron chi connectivity index (χ4n) is 5.55. The minimum absolute atomic E-state index is 0.0461. The molecule has 2 aliphatic heterocycles. The van der Waals surface area contributed by atoms with Gasteiger partial charge in [0.1, 0.15) is 5.54 Å². The first-order valence-electron chi connectivity index (χ1n) is 14.5. The quantitative estimate of drug-likeness (QED) is 0.354. The summed E-state index contributed by atoms with van der Waals surface area (Å²) in [4.78, 5) is 54.9. The number of morpholine rings is 1. The van der Waals surface area contributed by atoms with E-state index in [-0.39, 0.29) is 12.6 Å². The monoisotopic (exact) mass is 558 g/mol. The molecule has 4 amide bonds. The highest BCUT2D eigenvalue weighted by Gasteiger charge is 2.44. The van der Waals surface area contributed by atoms with Crippen molar-refractivity contribution in [2.24, 2.45) is 0 Å². The normalized spacial score (nSPS) is 20.8. The zero-order valence-corrected chi connectivity index (χ0v) is 23.4. The van der Waals surface area contributed by atoms with E-state index >= 15 is 0 Å². The number of Topliss-reactive ketones (excluding diaryl/α,β-unsaturated/α-hetero) is 1. The summed E-state index contributed by atoms with van der Waals surface area (Å²) in [6.07, 6.45) is 5.25. The molecular formula is C29H42N4O7. The lowest BCUT2D eigenvalue weighted by molar-refractivity contribution is -0.166. The molecule has 0 bridgehead atoms. The van der Waals surface area contributed by atoms with Crippen molar-refractivity contribution in [3.05, 3.63) is 35.9 Å². The molecule has 3 aliphatic rings. The second kappa shape index (κ2) is 14.0. The summed E-state index contributed by atoms with van der Waals surface area (Å²) in [5.41, 5.74) is -0.385. The Bertz CT molecular complexity index is 1020. The standard InChI is InChI=1S/C29H42N4O7/c1-2-3-12-23(24(34)25(35)30-21-29(39-19-20-40-29)22-10-6-4-7-11-22)31-26(36)28(13-8-5-9-14-28)32-27(37)33-15-17-38-18-16-33/h4,6-7,10-11,23H,2-3,5,8-9,12-21H2,1H3,(H,30,35)(H,31,36)(H,32,37)/t23-/m0/s1. The van der Waals surface area contributed by atoms with Gasteiger partial charge in [-0.25, -0.2) is 4.79 Å². The summed E-state index contributed by atoms with van der Waals surface area (Å²) in [6, 6.07) is 7.95. The molecule has 3 N–H and O–H groups in total. The maximum Gasteiger partial charge on any atom is 0.318 e. The average Bonchev–Trinajstić information content (AvgIpc) is 3.49. The van der Waals surface area contributed by atoms with Gasteiger partial charge in [-0.1, -0.05) is 69.4 Å². The second-order valence-electron chi connectivity index (χ2n) is 10.7. The Morgan fingerprint density at radius 3 is 2.27 bits per heavy atom. The predicted molar refractivity (Wildman–Crippen MR) is 146 cm³/mol. The summed E-state index contributed by atoms with van der Waals surface area (Å²) >= 11 is 0. The van der Waals surface area contributed by atoms with Crippen LogP contribution in [-0.2, 0) is 34.4 Å². The van der Waals surface area contributed by atoms with Crippen molar-refractivity contribution < 1.29 is 33.4 Å². The number of urea groups is 1. The number of carbonyl (C=O) groups excluding carboxylic acids is 4. The van der Waals surface area contributed by atoms with Crippen molar-refractivity contribution in [2.45, 2.75) is 75.7 Å². The van der Waals surface area contributed by atoms with Crippen LogP contribution in [0.5, 0.6) is 0 Å². The van der Waals surface area contributed by atoms with Crippen LogP contribution in [-0.4, -0.2) is 86.2 Å². The van der Waals surface area contributed by atoms with Gasteiger partial charge in [-0.15, -0.1) is 0 Å². The third kappa shape index (κ3) is 7.18. The average molecular weight is 559 g/mol. The van der Waals surface area contributed by atoms with Crippen LogP contribution in [0.4, 0.5) is 4.79 Å². The van der Waals surface area contributed by atoms with E-state index in [0.717, 1.165) is 31.2 Å². The van der Waals surface area contributed by atoms with E-state index in [4.69, 9.17) is 14.2 Å². The van der Waals surface area contributed by atoms with E-state index in [0.29, 0.717) is 65.2 Å². The van der Waals surface area contributed by atoms with E-state index in [1.807, 2.05) is 37.3 Å². The fraction of sp³-hybridized carbons (Fsp3) is 0.655. The minimum Gasteiger partial charge on any atom is -0.378 e. The highest BCUT2D eigenvalue weighted by atomic mass is 16.7. The van der Waals surface area contributed by atoms with Gasteiger partial charge in [0.25, 0.3) is 5.91 Å². The van der Waals surface area contributed by atoms with Crippen molar-refractivity contribution >= 4 is 23.6 Å². The maximum atomic E-state index is 13.7. The molecule has 2 saturated heterocycles. The van der Waals surface area contributed by atoms with Gasteiger partial charge < -0.3 is 35.1 Å². The molecule has 1 aliphatic carbocycles. The number of nitrogens with zero attached hydrogens (tertiary/aromatic N) is 1. The number of rotatable bonds is 11. The van der Waals surface area contributed by atoms with E-state index in [9.17, 15) is 19.2 Å². The minimum atomic E-state index is -1.17. The van der Waals surface area contributed by atoms with Crippen LogP contribution >= 0.6 is 0 Å². The second-order valence-corrected chi connectivity index (χ2v) is 10.7. The number of hydrogen-bond donors (Lipinski definition) is 3. The summed E-state index contributed by atoms with van der Waals surface area (Å²) in [5.74, 6) is -3.13. The first-order chi connectivity index (χ1) is 19.4. The Morgan fingerprint density at radius 1 is 0.950 bits per heavy atom. The number of ether oxygens (including phenoxy) is 3. The molecule has 0 radical (unpaired) electrons. The molecule has 4 rings (SSSR count). The maximum absolute atomic E-state index is 13.7. The molecule has 0 aromatic heterocycles. The number of benzene rings is 1. The molecule has 3 fully saturated rings. The Balaban J connectivity index is 1.43. The lowest BCUT2D eigenvalue weighted by Crippen LogP contribution is -2.64. The lowest BCUT2D eigenvalue weighted by atomic mass is 9.80. The highest BCUT2D eigenvalue weighted by molar-refractivity contribution is 6.38. The van der Waals surface area contributed by atoms with E-state index in [2.05, 4.69) is 16.0 Å². The van der Waals surface area contributed by atoms with Crippen LogP contribution in [0.2, 0.25) is 0 Å². The largest absolute Gasteiger partial charge is 0.378 e. The van der Waals surface area contributed by atoms with Crippen LogP contribution in [0.25, 0.3) is 0 Å². The van der Waals surface area contributed by atoms with Crippen molar-refractivity contribution in [3.63, 3.8) is 0 Å². The number of hydrogen-bond acceptors (Lipinski definition) is 7. The van der Waals surface area contributed by atoms with Crippen LogP contribution in [0.1, 0.15) is 63.9 Å². The van der Waals surface area contributed by atoms with Gasteiger partial charge in [0.2, 0.25) is 17.5 Å². The summed E-state index contributed by atoms with van der Waals surface area (Å²) in [5, 5.41) is 8.52. The topological polar surface area (TPSA) is 135 Å². The number of ketones is 1. The molecule has 11 nitrogen and oxygen atoms in total. The molecule has 220 valence electrons. The highest BCUT2D eigenvalue weighted by Crippen LogP contribution is 2.31. The lowest BCUT2D eigenvalue weighted by Gasteiger charge is -2.39. The van der Waals surface area contributed by atoms with E-state index in [1.54, 1.807) is 4.90 Å². The number of unbranched alkanes of at least 4 members (excludes halogenated alkanes) is 1. The van der Waals surface area contributed by atoms with Crippen LogP contribution in [0, 0.1) is 0 Å². The SMILES string of the molecule is CCCC[C@H](NC(=O)C1(NC(=O)N2CCOCC2)CCCCC1)C(=O)C(=O)NCC1(c2ccccc2)OCCO1. The van der Waals surface area contributed by atoms with Gasteiger partial charge in [-0.2, -0.15) is 0 Å². The summed E-state index contributed by atoms with van der Waals surface area (Å²) in [7, 11) is 0. The third-order valence-corrected chi connectivity index (χ3v) is 7.93. The van der Waals surface area contributed by atoms with Gasteiger partial charge in [0.05, 0.1) is 39.0 Å². The van der Waals surface area contributed by atoms with Gasteiger partial charge in [0.15, 0.2) is 0 Å². The first-order valence-corrected chi connectivity index (χ1v) is 14.5. The molecule has 40 heavy (non-hydrogen) atoms. The van der Waals surface area contributed by atoms with Crippen LogP contribution < -0.4 is 16.0 Å². The van der Waals surface area contributed by atoms with E-state index in [1.165, 1.54) is 0 Å². The van der Waals surface area contributed by atoms with Gasteiger partial charge in [0, 0.05) is 18.7 Å². The predicted octanol–water partition coefficient (Wildman–Crippen LogP) is 1.99. The number of nitrogens with one attached hydrogen (secondary N) is 3. The van der Waals surface area contributed by atoms with Crippen molar-refractivity contribution in [1.29, 1.82) is 0 Å². The Kier molecular flexibility index (Phi) is 10.5. The molecule has 1 aromatic carbocycles. The molecule has 1 atom stereocenters. The fourth-order valence-corrected chi connectivity index (χ4v) is 5.55. The first kappa shape index (κ1) is 30.0. The van der Waals surface area contributed by atoms with E-state index < -0.39 is 35.0 Å². The molecule has 11 heteroatoms. The smallest absolute Gasteiger partial charge is 0.318 e. The molecular weight excluding hydrogens is 516 g/mol. The summed E-state index contributed by atoms with van der Waals surface area (Å²) in [6.45, 7) is 4.49. The van der Waals surface area contributed by atoms with Crippen LogP contribution in [0.3, 0.4) is 0 Å². The number of carbonyl (C=O) groups is 4. The molecule has 0 spiro atoms. The van der Waals surface area contributed by atoms with Crippen LogP contribution in [0.15, 0.2) is 30.3 Å². The Labute approximate surface area is 235 Å². The molecule has 2 heterocycles. The molecule has 0 unspecified atom stereocenters. The molecule has 1 aromatic rings. The van der Waals surface area contributed by atoms with Gasteiger partial charge >= 0.3 is 6.03 Å². The Morgan fingerprint density at radius 2 is 1.62 bits per heavy atom. The van der Waals surface area contributed by atoms with Crippen molar-refractivity contribution in [2.75, 3.05) is 46.1 Å². The van der Waals surface area contributed by atoms with Gasteiger partial charge in [-0.3, -0.25) is 14.4 Å². The van der Waals surface area contributed by atoms with Gasteiger partial charge in [-0.05, 0) is 19.3 Å². The zero-order chi connectivity index (χ0) is 28.4. The zero-order valence-electron chi connectivity index (χ0n) is 23.4. The van der Waals surface area contributed by atoms with Crippen molar-refractivity contribution in [1.82, 2.24) is 20.9 Å². The number of amides is 4. The molecule has 1 saturated carbocycles. The third-order valence-electron chi connectivity index (χ3n) is 7.93. The summed E-state index contributed by atoms with van der Waals surface area (Å²) < 4.78 is 17.1.